The van der Waals surface area contributed by atoms with Gasteiger partial charge in [0.2, 0.25) is 5.91 Å². The SMILES string of the molecule is O=C(Cc1c(F)cccc1Cl)Nc1c(-c2ccc(F)cc2)nc2sccn12. The molecule has 0 saturated carbocycles. The van der Waals surface area contributed by atoms with Gasteiger partial charge in [-0.05, 0) is 36.4 Å². The van der Waals surface area contributed by atoms with Gasteiger partial charge < -0.3 is 5.32 Å². The highest BCUT2D eigenvalue weighted by atomic mass is 35.5. The predicted octanol–water partition coefficient (Wildman–Crippen LogP) is 5.18. The molecule has 0 spiro atoms. The Bertz CT molecular complexity index is 1120. The minimum absolute atomic E-state index is 0.131. The van der Waals surface area contributed by atoms with Gasteiger partial charge in [0.1, 0.15) is 23.1 Å². The minimum Gasteiger partial charge on any atom is -0.310 e. The van der Waals surface area contributed by atoms with Gasteiger partial charge in [-0.1, -0.05) is 17.7 Å². The summed E-state index contributed by atoms with van der Waals surface area (Å²) in [6.45, 7) is 0. The molecule has 2 heterocycles. The summed E-state index contributed by atoms with van der Waals surface area (Å²) in [5, 5.41) is 4.81. The molecule has 0 fully saturated rings. The summed E-state index contributed by atoms with van der Waals surface area (Å²) in [7, 11) is 0. The first-order valence-corrected chi connectivity index (χ1v) is 9.23. The molecule has 0 saturated heterocycles. The number of amides is 1. The van der Waals surface area contributed by atoms with Crippen molar-refractivity contribution in [3.63, 3.8) is 0 Å². The number of carbonyl (C=O) groups is 1. The van der Waals surface area contributed by atoms with Gasteiger partial charge in [-0.15, -0.1) is 11.3 Å². The van der Waals surface area contributed by atoms with Gasteiger partial charge in [-0.2, -0.15) is 0 Å². The van der Waals surface area contributed by atoms with Crippen LogP contribution in [0, 0.1) is 11.6 Å². The number of nitrogens with zero attached hydrogens (tertiary/aromatic N) is 2. The molecular weight excluding hydrogens is 392 g/mol. The molecule has 4 nitrogen and oxygen atoms in total. The Morgan fingerprint density at radius 3 is 2.70 bits per heavy atom. The minimum atomic E-state index is -0.537. The van der Waals surface area contributed by atoms with Crippen molar-refractivity contribution in [1.29, 1.82) is 0 Å². The summed E-state index contributed by atoms with van der Waals surface area (Å²) >= 11 is 7.41. The van der Waals surface area contributed by atoms with Gasteiger partial charge in [0.05, 0.1) is 6.42 Å². The van der Waals surface area contributed by atoms with Gasteiger partial charge in [0.15, 0.2) is 4.96 Å². The first-order chi connectivity index (χ1) is 13.0. The Kier molecular flexibility index (Phi) is 4.63. The molecule has 0 aliphatic heterocycles. The predicted molar refractivity (Wildman–Crippen MR) is 102 cm³/mol. The number of fused-ring (bicyclic) bond motifs is 1. The number of hydrogen-bond acceptors (Lipinski definition) is 3. The topological polar surface area (TPSA) is 46.4 Å². The van der Waals surface area contributed by atoms with E-state index in [1.54, 1.807) is 22.7 Å². The van der Waals surface area contributed by atoms with E-state index in [2.05, 4.69) is 10.3 Å². The van der Waals surface area contributed by atoms with Crippen molar-refractivity contribution in [2.75, 3.05) is 5.32 Å². The van der Waals surface area contributed by atoms with Crippen molar-refractivity contribution in [3.8, 4) is 11.3 Å². The lowest BCUT2D eigenvalue weighted by Crippen LogP contribution is -2.17. The van der Waals surface area contributed by atoms with Gasteiger partial charge >= 0.3 is 0 Å². The van der Waals surface area contributed by atoms with Crippen LogP contribution < -0.4 is 5.32 Å². The van der Waals surface area contributed by atoms with Gasteiger partial charge in [-0.3, -0.25) is 9.20 Å². The summed E-state index contributed by atoms with van der Waals surface area (Å²) in [6, 6.07) is 10.1. The van der Waals surface area contributed by atoms with Crippen LogP contribution in [0.5, 0.6) is 0 Å². The summed E-state index contributed by atoms with van der Waals surface area (Å²) in [5.41, 5.74) is 1.30. The summed E-state index contributed by atoms with van der Waals surface area (Å²) in [6.07, 6.45) is 1.55. The average Bonchev–Trinajstić information content (AvgIpc) is 3.22. The molecule has 0 radical (unpaired) electrons. The van der Waals surface area contributed by atoms with E-state index < -0.39 is 11.7 Å². The van der Waals surface area contributed by atoms with Crippen LogP contribution in [0.3, 0.4) is 0 Å². The fraction of sp³-hybridized carbons (Fsp3) is 0.0526. The molecule has 0 unspecified atom stereocenters. The van der Waals surface area contributed by atoms with Crippen LogP contribution >= 0.6 is 22.9 Å². The zero-order valence-corrected chi connectivity index (χ0v) is 15.3. The molecule has 0 aliphatic rings. The summed E-state index contributed by atoms with van der Waals surface area (Å²) in [5.74, 6) is -0.890. The third-order valence-corrected chi connectivity index (χ3v) is 5.15. The number of halogens is 3. The van der Waals surface area contributed by atoms with Crippen LogP contribution in [-0.2, 0) is 11.2 Å². The molecule has 4 aromatic rings. The second-order valence-corrected chi connectivity index (χ2v) is 7.08. The quantitative estimate of drug-likeness (QED) is 0.510. The number of anilines is 1. The number of hydrogen-bond donors (Lipinski definition) is 1. The van der Waals surface area contributed by atoms with Crippen LogP contribution in [0.4, 0.5) is 14.6 Å². The van der Waals surface area contributed by atoms with Gasteiger partial charge in [0.25, 0.3) is 0 Å². The number of carbonyl (C=O) groups excluding carboxylic acids is 1. The first kappa shape index (κ1) is 17.6. The Hall–Kier alpha value is -2.77. The fourth-order valence-corrected chi connectivity index (χ4v) is 3.70. The summed E-state index contributed by atoms with van der Waals surface area (Å²) in [4.78, 5) is 17.7. The number of nitrogens with one attached hydrogen (secondary N) is 1. The maximum absolute atomic E-state index is 14.0. The lowest BCUT2D eigenvalue weighted by molar-refractivity contribution is -0.115. The van der Waals surface area contributed by atoms with E-state index in [0.717, 1.165) is 0 Å². The monoisotopic (exact) mass is 403 g/mol. The molecule has 2 aromatic carbocycles. The number of aromatic nitrogens is 2. The van der Waals surface area contributed by atoms with E-state index in [-0.39, 0.29) is 22.8 Å². The molecule has 1 N–H and O–H groups in total. The number of benzene rings is 2. The highest BCUT2D eigenvalue weighted by molar-refractivity contribution is 7.15. The van der Waals surface area contributed by atoms with E-state index in [1.165, 1.54) is 41.7 Å². The van der Waals surface area contributed by atoms with E-state index in [4.69, 9.17) is 11.6 Å². The van der Waals surface area contributed by atoms with Gasteiger partial charge in [-0.25, -0.2) is 13.8 Å². The molecule has 0 bridgehead atoms. The van der Waals surface area contributed by atoms with Crippen LogP contribution in [-0.4, -0.2) is 15.3 Å². The molecule has 1 amide bonds. The Balaban J connectivity index is 1.69. The van der Waals surface area contributed by atoms with Crippen LogP contribution in [0.2, 0.25) is 5.02 Å². The number of thiazole rings is 1. The second-order valence-electron chi connectivity index (χ2n) is 5.80. The zero-order valence-electron chi connectivity index (χ0n) is 13.7. The van der Waals surface area contributed by atoms with E-state index in [0.29, 0.717) is 22.0 Å². The highest BCUT2D eigenvalue weighted by Gasteiger charge is 2.19. The first-order valence-electron chi connectivity index (χ1n) is 7.97. The molecule has 8 heteroatoms. The third kappa shape index (κ3) is 3.43. The standard InChI is InChI=1S/C19H12ClF2N3OS/c20-14-2-1-3-15(22)13(14)10-16(26)23-18-17(11-4-6-12(21)7-5-11)24-19-25(18)8-9-27-19/h1-9H,10H2,(H,23,26). The smallest absolute Gasteiger partial charge is 0.230 e. The fourth-order valence-electron chi connectivity index (χ4n) is 2.75. The van der Waals surface area contributed by atoms with Crippen LogP contribution in [0.1, 0.15) is 5.56 Å². The maximum Gasteiger partial charge on any atom is 0.230 e. The van der Waals surface area contributed by atoms with E-state index in [1.807, 2.05) is 5.38 Å². The second kappa shape index (κ2) is 7.09. The number of rotatable bonds is 4. The third-order valence-electron chi connectivity index (χ3n) is 4.04. The molecule has 0 aliphatic carbocycles. The van der Waals surface area contributed by atoms with Crippen molar-refractivity contribution in [2.24, 2.45) is 0 Å². The molecule has 2 aromatic heterocycles. The highest BCUT2D eigenvalue weighted by Crippen LogP contribution is 2.31. The Morgan fingerprint density at radius 2 is 1.96 bits per heavy atom. The Morgan fingerprint density at radius 1 is 1.19 bits per heavy atom. The molecule has 4 rings (SSSR count). The molecule has 27 heavy (non-hydrogen) atoms. The van der Waals surface area contributed by atoms with Gasteiger partial charge in [0, 0.05) is 27.7 Å². The maximum atomic E-state index is 14.0. The largest absolute Gasteiger partial charge is 0.310 e. The zero-order chi connectivity index (χ0) is 19.0. The lowest BCUT2D eigenvalue weighted by atomic mass is 10.1. The van der Waals surface area contributed by atoms with Crippen molar-refractivity contribution in [3.05, 3.63) is 76.3 Å². The molecule has 136 valence electrons. The van der Waals surface area contributed by atoms with Crippen LogP contribution in [0.15, 0.2) is 54.0 Å². The molecule has 0 atom stereocenters. The average molecular weight is 404 g/mol. The summed E-state index contributed by atoms with van der Waals surface area (Å²) < 4.78 is 28.9. The normalized spacial score (nSPS) is 11.1. The lowest BCUT2D eigenvalue weighted by Gasteiger charge is -2.09. The van der Waals surface area contributed by atoms with Crippen molar-refractivity contribution in [2.45, 2.75) is 6.42 Å². The van der Waals surface area contributed by atoms with Crippen molar-refractivity contribution < 1.29 is 13.6 Å². The van der Waals surface area contributed by atoms with E-state index in [9.17, 15) is 13.6 Å². The number of imidazole rings is 1. The van der Waals surface area contributed by atoms with Crippen LogP contribution in [0.25, 0.3) is 16.2 Å². The van der Waals surface area contributed by atoms with Crippen molar-refractivity contribution >= 4 is 39.6 Å². The molecular formula is C19H12ClF2N3OS. The van der Waals surface area contributed by atoms with E-state index >= 15 is 0 Å². The Labute approximate surface area is 162 Å². The van der Waals surface area contributed by atoms with Crippen molar-refractivity contribution in [1.82, 2.24) is 9.38 Å².